The molecule has 1 aromatic rings. The number of non-ortho nitro benzene ring substituents is 1. The van der Waals surface area contributed by atoms with Gasteiger partial charge in [0, 0.05) is 23.7 Å². The highest BCUT2D eigenvalue weighted by Crippen LogP contribution is 2.17. The summed E-state index contributed by atoms with van der Waals surface area (Å²) >= 11 is 0. The lowest BCUT2D eigenvalue weighted by Crippen LogP contribution is -2.36. The lowest BCUT2D eigenvalue weighted by atomic mass is 10.1. The second-order valence-electron chi connectivity index (χ2n) is 5.62. The summed E-state index contributed by atoms with van der Waals surface area (Å²) in [6.45, 7) is -0.151. The topological polar surface area (TPSA) is 93.8 Å². The van der Waals surface area contributed by atoms with E-state index in [9.17, 15) is 14.9 Å². The Balaban J connectivity index is 1.74. The Morgan fingerprint density at radius 2 is 2.09 bits per heavy atom. The molecule has 0 unspecified atom stereocenters. The number of hydrogen-bond acceptors (Lipinski definition) is 5. The van der Waals surface area contributed by atoms with Crippen molar-refractivity contribution in [2.24, 2.45) is 5.16 Å². The zero-order valence-electron chi connectivity index (χ0n) is 12.9. The number of amides is 1. The van der Waals surface area contributed by atoms with E-state index in [-0.39, 0.29) is 24.2 Å². The summed E-state index contributed by atoms with van der Waals surface area (Å²) in [6.07, 6.45) is 8.15. The predicted molar refractivity (Wildman–Crippen MR) is 86.3 cm³/mol. The standard InChI is InChI=1S/C16H21N3O4/c20-16(18-14-7-3-1-2-4-8-14)12-23-17-11-13-6-5-9-15(10-13)19(21)22/h5-6,9-11,14H,1-4,7-8,12H2,(H,18,20)/b17-11-. The average molecular weight is 319 g/mol. The molecule has 0 spiro atoms. The Kier molecular flexibility index (Phi) is 6.53. The van der Waals surface area contributed by atoms with Gasteiger partial charge in [-0.05, 0) is 12.8 Å². The summed E-state index contributed by atoms with van der Waals surface area (Å²) in [5, 5.41) is 17.3. The van der Waals surface area contributed by atoms with Gasteiger partial charge in [0.1, 0.15) is 0 Å². The summed E-state index contributed by atoms with van der Waals surface area (Å²) in [5.74, 6) is -0.187. The van der Waals surface area contributed by atoms with Crippen LogP contribution in [0.5, 0.6) is 0 Å². The molecule has 1 fully saturated rings. The minimum atomic E-state index is -0.474. The fraction of sp³-hybridized carbons (Fsp3) is 0.500. The van der Waals surface area contributed by atoms with Gasteiger partial charge in [-0.1, -0.05) is 43.0 Å². The molecule has 1 aromatic carbocycles. The number of rotatable bonds is 6. The lowest BCUT2D eigenvalue weighted by Gasteiger charge is -2.15. The molecule has 1 aliphatic rings. The largest absolute Gasteiger partial charge is 0.386 e. The first-order chi connectivity index (χ1) is 11.1. The van der Waals surface area contributed by atoms with Gasteiger partial charge in [0.25, 0.3) is 11.6 Å². The summed E-state index contributed by atoms with van der Waals surface area (Å²) in [4.78, 5) is 26.9. The third-order valence-corrected chi connectivity index (χ3v) is 3.77. The van der Waals surface area contributed by atoms with Gasteiger partial charge in [-0.15, -0.1) is 0 Å². The molecule has 7 nitrogen and oxygen atoms in total. The maximum Gasteiger partial charge on any atom is 0.270 e. The van der Waals surface area contributed by atoms with Gasteiger partial charge >= 0.3 is 0 Å². The number of nitrogens with one attached hydrogen (secondary N) is 1. The number of nitro benzene ring substituents is 1. The molecule has 0 atom stereocenters. The van der Waals surface area contributed by atoms with Crippen molar-refractivity contribution < 1.29 is 14.6 Å². The van der Waals surface area contributed by atoms with Crippen molar-refractivity contribution >= 4 is 17.8 Å². The van der Waals surface area contributed by atoms with Gasteiger partial charge < -0.3 is 10.2 Å². The molecule has 7 heteroatoms. The second-order valence-corrected chi connectivity index (χ2v) is 5.62. The van der Waals surface area contributed by atoms with Gasteiger partial charge in [0.15, 0.2) is 6.61 Å². The fourth-order valence-corrected chi connectivity index (χ4v) is 2.61. The van der Waals surface area contributed by atoms with Crippen molar-refractivity contribution in [1.82, 2.24) is 5.32 Å². The zero-order chi connectivity index (χ0) is 16.5. The maximum atomic E-state index is 11.8. The summed E-state index contributed by atoms with van der Waals surface area (Å²) in [5.41, 5.74) is 0.531. The molecule has 1 amide bonds. The smallest absolute Gasteiger partial charge is 0.270 e. The molecule has 0 radical (unpaired) electrons. The molecule has 1 N–H and O–H groups in total. The van der Waals surface area contributed by atoms with E-state index in [0.29, 0.717) is 5.56 Å². The van der Waals surface area contributed by atoms with Crippen molar-refractivity contribution in [3.8, 4) is 0 Å². The van der Waals surface area contributed by atoms with E-state index >= 15 is 0 Å². The molecule has 1 aliphatic carbocycles. The number of carbonyl (C=O) groups excluding carboxylic acids is 1. The van der Waals surface area contributed by atoms with Gasteiger partial charge in [0.05, 0.1) is 11.1 Å². The van der Waals surface area contributed by atoms with Crippen LogP contribution < -0.4 is 5.32 Å². The van der Waals surface area contributed by atoms with E-state index < -0.39 is 4.92 Å². The third kappa shape index (κ3) is 6.06. The van der Waals surface area contributed by atoms with Crippen LogP contribution in [0.3, 0.4) is 0 Å². The molecule has 0 heterocycles. The van der Waals surface area contributed by atoms with Crippen LogP contribution in [0.15, 0.2) is 29.4 Å². The maximum absolute atomic E-state index is 11.8. The number of hydrogen-bond donors (Lipinski definition) is 1. The average Bonchev–Trinajstić information content (AvgIpc) is 2.80. The van der Waals surface area contributed by atoms with Crippen molar-refractivity contribution in [3.63, 3.8) is 0 Å². The number of carbonyl (C=O) groups is 1. The van der Waals surface area contributed by atoms with Crippen molar-refractivity contribution in [1.29, 1.82) is 0 Å². The van der Waals surface area contributed by atoms with Crippen molar-refractivity contribution in [2.75, 3.05) is 6.61 Å². The molecular weight excluding hydrogens is 298 g/mol. The molecule has 124 valence electrons. The first-order valence-corrected chi connectivity index (χ1v) is 7.84. The Hall–Kier alpha value is -2.44. The number of nitro groups is 1. The third-order valence-electron chi connectivity index (χ3n) is 3.77. The molecule has 0 aliphatic heterocycles. The highest BCUT2D eigenvalue weighted by molar-refractivity contribution is 5.80. The predicted octanol–water partition coefficient (Wildman–Crippen LogP) is 2.78. The van der Waals surface area contributed by atoms with Crippen LogP contribution in [0.25, 0.3) is 0 Å². The summed E-state index contributed by atoms with van der Waals surface area (Å²) < 4.78 is 0. The minimum Gasteiger partial charge on any atom is -0.386 e. The Morgan fingerprint density at radius 3 is 2.78 bits per heavy atom. The Labute approximate surface area is 134 Å². The van der Waals surface area contributed by atoms with E-state index in [4.69, 9.17) is 4.84 Å². The van der Waals surface area contributed by atoms with Crippen LogP contribution in [0.2, 0.25) is 0 Å². The second kappa shape index (κ2) is 8.87. The Morgan fingerprint density at radius 1 is 1.35 bits per heavy atom. The van der Waals surface area contributed by atoms with Crippen LogP contribution in [0.1, 0.15) is 44.1 Å². The van der Waals surface area contributed by atoms with Crippen LogP contribution >= 0.6 is 0 Å². The van der Waals surface area contributed by atoms with Crippen LogP contribution in [0.4, 0.5) is 5.69 Å². The van der Waals surface area contributed by atoms with E-state index in [1.165, 1.54) is 31.2 Å². The number of nitrogens with zero attached hydrogens (tertiary/aromatic N) is 2. The van der Waals surface area contributed by atoms with E-state index in [0.717, 1.165) is 25.7 Å². The molecule has 0 bridgehead atoms. The highest BCUT2D eigenvalue weighted by Gasteiger charge is 2.14. The van der Waals surface area contributed by atoms with E-state index in [1.807, 2.05) is 0 Å². The molecule has 2 rings (SSSR count). The lowest BCUT2D eigenvalue weighted by molar-refractivity contribution is -0.384. The molecule has 0 aromatic heterocycles. The number of benzene rings is 1. The molecular formula is C16H21N3O4. The first kappa shape index (κ1) is 16.9. The normalized spacial score (nSPS) is 16.0. The SMILES string of the molecule is O=C(CO/N=C\c1cccc([N+](=O)[O-])c1)NC1CCCCCC1. The van der Waals surface area contributed by atoms with Gasteiger partial charge in [0.2, 0.25) is 0 Å². The Bertz CT molecular complexity index is 566. The minimum absolute atomic E-state index is 0.0138. The molecule has 0 saturated heterocycles. The van der Waals surface area contributed by atoms with Crippen LogP contribution in [-0.2, 0) is 9.63 Å². The van der Waals surface area contributed by atoms with Gasteiger partial charge in [-0.2, -0.15) is 0 Å². The van der Waals surface area contributed by atoms with Gasteiger partial charge in [-0.25, -0.2) is 0 Å². The monoisotopic (exact) mass is 319 g/mol. The highest BCUT2D eigenvalue weighted by atomic mass is 16.6. The first-order valence-electron chi connectivity index (χ1n) is 7.84. The van der Waals surface area contributed by atoms with Crippen LogP contribution in [-0.4, -0.2) is 29.7 Å². The van der Waals surface area contributed by atoms with E-state index in [1.54, 1.807) is 12.1 Å². The van der Waals surface area contributed by atoms with Crippen molar-refractivity contribution in [2.45, 2.75) is 44.6 Å². The summed E-state index contributed by atoms with van der Waals surface area (Å²) in [6, 6.07) is 6.26. The quantitative estimate of drug-likeness (QED) is 0.377. The van der Waals surface area contributed by atoms with Crippen LogP contribution in [0, 0.1) is 10.1 Å². The fourth-order valence-electron chi connectivity index (χ4n) is 2.61. The van der Waals surface area contributed by atoms with Gasteiger partial charge in [-0.3, -0.25) is 14.9 Å². The number of oxime groups is 1. The van der Waals surface area contributed by atoms with E-state index in [2.05, 4.69) is 10.5 Å². The summed E-state index contributed by atoms with van der Waals surface area (Å²) in [7, 11) is 0. The molecule has 1 saturated carbocycles. The van der Waals surface area contributed by atoms with Crippen molar-refractivity contribution in [3.05, 3.63) is 39.9 Å². The zero-order valence-corrected chi connectivity index (χ0v) is 12.9. The molecule has 23 heavy (non-hydrogen) atoms.